The van der Waals surface area contributed by atoms with Crippen molar-refractivity contribution in [2.45, 2.75) is 39.3 Å². The molecule has 0 spiro atoms. The summed E-state index contributed by atoms with van der Waals surface area (Å²) in [6, 6.07) is 9.53. The first-order valence-electron chi connectivity index (χ1n) is 6.08. The summed E-state index contributed by atoms with van der Waals surface area (Å²) in [5.74, 6) is 0. The lowest BCUT2D eigenvalue weighted by molar-refractivity contribution is 0.469. The molecule has 16 heavy (non-hydrogen) atoms. The summed E-state index contributed by atoms with van der Waals surface area (Å²) in [6.07, 6.45) is 1.16. The van der Waals surface area contributed by atoms with E-state index in [4.69, 9.17) is 0 Å². The van der Waals surface area contributed by atoms with Gasteiger partial charge in [-0.1, -0.05) is 25.1 Å². The normalized spacial score (nSPS) is 14.6. The Labute approximate surface area is 99.7 Å². The van der Waals surface area contributed by atoms with Gasteiger partial charge in [-0.2, -0.15) is 0 Å². The fraction of sp³-hybridized carbons (Fsp3) is 0.571. The third kappa shape index (κ3) is 3.24. The van der Waals surface area contributed by atoms with Gasteiger partial charge >= 0.3 is 0 Å². The summed E-state index contributed by atoms with van der Waals surface area (Å²) < 4.78 is 0. The molecule has 1 N–H and O–H groups in total. The number of para-hydroxylation sites is 1. The Bertz CT molecular complexity index is 320. The Morgan fingerprint density at radius 1 is 1.19 bits per heavy atom. The minimum atomic E-state index is 0.397. The van der Waals surface area contributed by atoms with E-state index in [2.05, 4.69) is 69.3 Å². The van der Waals surface area contributed by atoms with Crippen LogP contribution >= 0.6 is 0 Å². The standard InChI is InChI=1S/C14H24N2/c1-6-11(2)15-12(3)13-9-7-8-10-14(13)16(4)5/h7-12,15H,6H2,1-5H3. The van der Waals surface area contributed by atoms with Crippen molar-refractivity contribution in [3.05, 3.63) is 29.8 Å². The van der Waals surface area contributed by atoms with Gasteiger partial charge in [0.2, 0.25) is 0 Å². The second-order valence-electron chi connectivity index (χ2n) is 4.65. The molecule has 0 saturated heterocycles. The predicted molar refractivity (Wildman–Crippen MR) is 72.1 cm³/mol. The summed E-state index contributed by atoms with van der Waals surface area (Å²) in [5, 5.41) is 3.61. The molecule has 0 fully saturated rings. The van der Waals surface area contributed by atoms with E-state index in [1.54, 1.807) is 0 Å². The lowest BCUT2D eigenvalue weighted by atomic mass is 10.0. The molecule has 0 amide bonds. The van der Waals surface area contributed by atoms with Crippen molar-refractivity contribution in [1.82, 2.24) is 5.32 Å². The van der Waals surface area contributed by atoms with Crippen LogP contribution in [0.3, 0.4) is 0 Å². The molecule has 0 aliphatic rings. The minimum Gasteiger partial charge on any atom is -0.377 e. The van der Waals surface area contributed by atoms with Crippen LogP contribution in [0.4, 0.5) is 5.69 Å². The smallest absolute Gasteiger partial charge is 0.0409 e. The highest BCUT2D eigenvalue weighted by molar-refractivity contribution is 5.53. The lowest BCUT2D eigenvalue weighted by Gasteiger charge is -2.24. The Hall–Kier alpha value is -1.02. The van der Waals surface area contributed by atoms with Crippen molar-refractivity contribution in [3.8, 4) is 0 Å². The number of benzene rings is 1. The largest absolute Gasteiger partial charge is 0.377 e. The van der Waals surface area contributed by atoms with Crippen LogP contribution in [-0.4, -0.2) is 20.1 Å². The number of nitrogens with one attached hydrogen (secondary N) is 1. The van der Waals surface area contributed by atoms with Gasteiger partial charge in [0.05, 0.1) is 0 Å². The molecule has 2 unspecified atom stereocenters. The summed E-state index contributed by atoms with van der Waals surface area (Å²) in [4.78, 5) is 2.17. The van der Waals surface area contributed by atoms with Crippen molar-refractivity contribution in [1.29, 1.82) is 0 Å². The van der Waals surface area contributed by atoms with Crippen LogP contribution in [0.15, 0.2) is 24.3 Å². The van der Waals surface area contributed by atoms with Crippen molar-refractivity contribution in [3.63, 3.8) is 0 Å². The predicted octanol–water partition coefficient (Wildman–Crippen LogP) is 3.20. The maximum atomic E-state index is 3.61. The van der Waals surface area contributed by atoms with Crippen molar-refractivity contribution >= 4 is 5.69 Å². The molecule has 2 nitrogen and oxygen atoms in total. The van der Waals surface area contributed by atoms with Crippen molar-refractivity contribution in [2.75, 3.05) is 19.0 Å². The minimum absolute atomic E-state index is 0.397. The molecule has 0 bridgehead atoms. The monoisotopic (exact) mass is 220 g/mol. The molecule has 1 aromatic rings. The summed E-state index contributed by atoms with van der Waals surface area (Å²) in [5.41, 5.74) is 2.67. The van der Waals surface area contributed by atoms with Gasteiger partial charge in [0.15, 0.2) is 0 Å². The van der Waals surface area contributed by atoms with E-state index in [1.165, 1.54) is 11.3 Å². The zero-order chi connectivity index (χ0) is 12.1. The first-order chi connectivity index (χ1) is 7.56. The van der Waals surface area contributed by atoms with Gasteiger partial charge in [-0.05, 0) is 31.9 Å². The quantitative estimate of drug-likeness (QED) is 0.819. The van der Waals surface area contributed by atoms with E-state index in [0.717, 1.165) is 6.42 Å². The molecule has 1 aromatic carbocycles. The molecule has 90 valence electrons. The average Bonchev–Trinajstić information content (AvgIpc) is 2.28. The molecular formula is C14H24N2. The van der Waals surface area contributed by atoms with Crippen LogP contribution in [0.25, 0.3) is 0 Å². The highest BCUT2D eigenvalue weighted by Crippen LogP contribution is 2.24. The SMILES string of the molecule is CCC(C)NC(C)c1ccccc1N(C)C. The number of nitrogens with zero attached hydrogens (tertiary/aromatic N) is 1. The number of rotatable bonds is 5. The maximum absolute atomic E-state index is 3.61. The van der Waals surface area contributed by atoms with Gasteiger partial charge < -0.3 is 10.2 Å². The number of anilines is 1. The Balaban J connectivity index is 2.85. The topological polar surface area (TPSA) is 15.3 Å². The van der Waals surface area contributed by atoms with Crippen molar-refractivity contribution in [2.24, 2.45) is 0 Å². The van der Waals surface area contributed by atoms with Gasteiger partial charge in [-0.3, -0.25) is 0 Å². The van der Waals surface area contributed by atoms with Crippen LogP contribution in [0.1, 0.15) is 38.8 Å². The second kappa shape index (κ2) is 5.90. The highest BCUT2D eigenvalue weighted by Gasteiger charge is 2.12. The third-order valence-corrected chi connectivity index (χ3v) is 3.03. The summed E-state index contributed by atoms with van der Waals surface area (Å²) >= 11 is 0. The van der Waals surface area contributed by atoms with Crippen LogP contribution in [0.5, 0.6) is 0 Å². The molecule has 0 heterocycles. The van der Waals surface area contributed by atoms with E-state index in [-0.39, 0.29) is 0 Å². The fourth-order valence-electron chi connectivity index (χ4n) is 1.90. The fourth-order valence-corrected chi connectivity index (χ4v) is 1.90. The number of hydrogen-bond donors (Lipinski definition) is 1. The average molecular weight is 220 g/mol. The molecule has 1 rings (SSSR count). The zero-order valence-electron chi connectivity index (χ0n) is 11.1. The second-order valence-corrected chi connectivity index (χ2v) is 4.65. The van der Waals surface area contributed by atoms with Gasteiger partial charge in [0.25, 0.3) is 0 Å². The van der Waals surface area contributed by atoms with Crippen LogP contribution in [0, 0.1) is 0 Å². The van der Waals surface area contributed by atoms with Gasteiger partial charge in [-0.15, -0.1) is 0 Å². The molecular weight excluding hydrogens is 196 g/mol. The van der Waals surface area contributed by atoms with E-state index in [0.29, 0.717) is 12.1 Å². The van der Waals surface area contributed by atoms with Gasteiger partial charge in [-0.25, -0.2) is 0 Å². The first-order valence-corrected chi connectivity index (χ1v) is 6.08. The van der Waals surface area contributed by atoms with Crippen LogP contribution in [0.2, 0.25) is 0 Å². The summed E-state index contributed by atoms with van der Waals surface area (Å²) in [7, 11) is 4.18. The Kier molecular flexibility index (Phi) is 4.81. The summed E-state index contributed by atoms with van der Waals surface area (Å²) in [6.45, 7) is 6.67. The third-order valence-electron chi connectivity index (χ3n) is 3.03. The van der Waals surface area contributed by atoms with Gasteiger partial charge in [0.1, 0.15) is 0 Å². The zero-order valence-corrected chi connectivity index (χ0v) is 11.1. The highest BCUT2D eigenvalue weighted by atomic mass is 15.1. The van der Waals surface area contributed by atoms with Gasteiger partial charge in [0, 0.05) is 31.9 Å². The molecule has 0 radical (unpaired) electrons. The molecule has 2 heteroatoms. The van der Waals surface area contributed by atoms with E-state index in [9.17, 15) is 0 Å². The molecule has 0 aromatic heterocycles. The number of hydrogen-bond acceptors (Lipinski definition) is 2. The lowest BCUT2D eigenvalue weighted by Crippen LogP contribution is -2.29. The Morgan fingerprint density at radius 2 is 1.81 bits per heavy atom. The van der Waals surface area contributed by atoms with E-state index in [1.807, 2.05) is 0 Å². The maximum Gasteiger partial charge on any atom is 0.0409 e. The molecule has 2 atom stereocenters. The first kappa shape index (κ1) is 13.0. The Morgan fingerprint density at radius 3 is 2.38 bits per heavy atom. The molecule has 0 saturated carbocycles. The van der Waals surface area contributed by atoms with Crippen LogP contribution < -0.4 is 10.2 Å². The van der Waals surface area contributed by atoms with Crippen LogP contribution in [-0.2, 0) is 0 Å². The molecule has 0 aliphatic heterocycles. The molecule has 0 aliphatic carbocycles. The van der Waals surface area contributed by atoms with E-state index >= 15 is 0 Å². The van der Waals surface area contributed by atoms with E-state index < -0.39 is 0 Å². The van der Waals surface area contributed by atoms with Crippen molar-refractivity contribution < 1.29 is 0 Å².